The average molecular weight is 151 g/mol. The molecule has 1 radical (unpaired) electrons. The van der Waals surface area contributed by atoms with E-state index in [0.29, 0.717) is 0 Å². The van der Waals surface area contributed by atoms with Crippen LogP contribution in [0.5, 0.6) is 0 Å². The van der Waals surface area contributed by atoms with Crippen molar-refractivity contribution in [1.29, 1.82) is 0 Å². The predicted octanol–water partition coefficient (Wildman–Crippen LogP) is 1.81. The fourth-order valence-electron chi connectivity index (χ4n) is 0.944. The number of hydrogen-bond donors (Lipinski definition) is 0. The maximum Gasteiger partial charge on any atom is 0.194 e. The normalized spacial score (nSPS) is 11.0. The van der Waals surface area contributed by atoms with Gasteiger partial charge in [-0.2, -0.15) is 0 Å². The van der Waals surface area contributed by atoms with Crippen molar-refractivity contribution in [3.8, 4) is 0 Å². The van der Waals surface area contributed by atoms with Gasteiger partial charge in [-0.15, -0.1) is 11.3 Å². The number of hydrogen-bond acceptors (Lipinski definition) is 2. The number of aromatic nitrogens is 2. The number of rotatable bonds is 0. The zero-order chi connectivity index (χ0) is 7.14. The minimum atomic E-state index is 1.04. The lowest BCUT2D eigenvalue weighted by Crippen LogP contribution is -1.80. The topological polar surface area (TPSA) is 17.3 Å². The van der Waals surface area contributed by atoms with Crippen LogP contribution in [-0.2, 0) is 0 Å². The standard InChI is InChI=1S/C7H7N2S/c1-5-6(2)10-7-8-3-4-9(5)7/h4H,1-2H3. The quantitative estimate of drug-likeness (QED) is 0.561. The molecule has 0 N–H and O–H groups in total. The van der Waals surface area contributed by atoms with Crippen molar-refractivity contribution in [2.45, 2.75) is 13.8 Å². The molecule has 0 aliphatic carbocycles. The molecule has 0 spiro atoms. The Bertz CT molecular complexity index is 358. The summed E-state index contributed by atoms with van der Waals surface area (Å²) in [5, 5.41) is 0. The Labute approximate surface area is 63.1 Å². The molecule has 0 unspecified atom stereocenters. The van der Waals surface area contributed by atoms with E-state index in [1.54, 1.807) is 11.3 Å². The number of thiazole rings is 1. The zero-order valence-electron chi connectivity index (χ0n) is 5.88. The molecular weight excluding hydrogens is 144 g/mol. The Kier molecular flexibility index (Phi) is 1.08. The van der Waals surface area contributed by atoms with Gasteiger partial charge in [0.05, 0.1) is 0 Å². The van der Waals surface area contributed by atoms with Gasteiger partial charge in [-0.1, -0.05) is 0 Å². The zero-order valence-corrected chi connectivity index (χ0v) is 6.70. The summed E-state index contributed by atoms with van der Waals surface area (Å²) < 4.78 is 2.06. The van der Waals surface area contributed by atoms with Gasteiger partial charge >= 0.3 is 0 Å². The maximum atomic E-state index is 4.06. The second-order valence-corrected chi connectivity index (χ2v) is 3.45. The second-order valence-electron chi connectivity index (χ2n) is 2.27. The van der Waals surface area contributed by atoms with Crippen molar-refractivity contribution < 1.29 is 0 Å². The van der Waals surface area contributed by atoms with E-state index < -0.39 is 0 Å². The molecule has 2 rings (SSSR count). The Hall–Kier alpha value is -0.830. The molecule has 0 fully saturated rings. The van der Waals surface area contributed by atoms with Crippen LogP contribution in [0, 0.1) is 20.0 Å². The Morgan fingerprint density at radius 3 is 3.10 bits per heavy atom. The molecule has 0 aromatic carbocycles. The summed E-state index contributed by atoms with van der Waals surface area (Å²) in [6, 6.07) is 0. The summed E-state index contributed by atoms with van der Waals surface area (Å²) in [4.78, 5) is 6.42. The number of fused-ring (bicyclic) bond motifs is 1. The van der Waals surface area contributed by atoms with Gasteiger partial charge in [-0.05, 0) is 13.8 Å². The molecule has 0 aliphatic heterocycles. The van der Waals surface area contributed by atoms with Gasteiger partial charge in [-0.25, -0.2) is 4.98 Å². The molecule has 2 aromatic rings. The van der Waals surface area contributed by atoms with E-state index in [4.69, 9.17) is 0 Å². The van der Waals surface area contributed by atoms with E-state index in [9.17, 15) is 0 Å². The second kappa shape index (κ2) is 1.83. The molecule has 3 heteroatoms. The van der Waals surface area contributed by atoms with E-state index in [-0.39, 0.29) is 0 Å². The predicted molar refractivity (Wildman–Crippen MR) is 41.4 cm³/mol. The van der Waals surface area contributed by atoms with Crippen molar-refractivity contribution in [1.82, 2.24) is 9.38 Å². The first-order chi connectivity index (χ1) is 4.79. The van der Waals surface area contributed by atoms with Gasteiger partial charge in [0, 0.05) is 16.8 Å². The van der Waals surface area contributed by atoms with Crippen LogP contribution in [-0.4, -0.2) is 9.38 Å². The lowest BCUT2D eigenvalue weighted by molar-refractivity contribution is 1.11. The molecule has 0 atom stereocenters. The summed E-state index contributed by atoms with van der Waals surface area (Å²) in [5.74, 6) is 0. The third-order valence-corrected chi connectivity index (χ3v) is 2.74. The van der Waals surface area contributed by atoms with Gasteiger partial charge < -0.3 is 0 Å². The molecule has 2 heterocycles. The van der Waals surface area contributed by atoms with E-state index in [2.05, 4.69) is 29.4 Å². The minimum Gasteiger partial charge on any atom is -0.294 e. The van der Waals surface area contributed by atoms with Gasteiger partial charge in [-0.3, -0.25) is 4.40 Å². The SMILES string of the molecule is Cc1sc2n[c]cn2c1C. The van der Waals surface area contributed by atoms with Crippen molar-refractivity contribution in [3.05, 3.63) is 23.0 Å². The average Bonchev–Trinajstić information content (AvgIpc) is 2.41. The summed E-state index contributed by atoms with van der Waals surface area (Å²) in [6.07, 6.45) is 4.68. The molecule has 2 aromatic heterocycles. The summed E-state index contributed by atoms with van der Waals surface area (Å²) in [7, 11) is 0. The van der Waals surface area contributed by atoms with Crippen LogP contribution >= 0.6 is 11.3 Å². The summed E-state index contributed by atoms with van der Waals surface area (Å²) in [6.45, 7) is 4.20. The van der Waals surface area contributed by atoms with Crippen molar-refractivity contribution in [2.75, 3.05) is 0 Å². The molecule has 0 saturated carbocycles. The molecule has 0 amide bonds. The van der Waals surface area contributed by atoms with Crippen molar-refractivity contribution in [3.63, 3.8) is 0 Å². The van der Waals surface area contributed by atoms with E-state index in [1.165, 1.54) is 10.6 Å². The summed E-state index contributed by atoms with van der Waals surface area (Å²) >= 11 is 1.71. The van der Waals surface area contributed by atoms with Crippen LogP contribution in [0.15, 0.2) is 6.20 Å². The van der Waals surface area contributed by atoms with Crippen LogP contribution in [0.1, 0.15) is 10.6 Å². The maximum absolute atomic E-state index is 4.06. The lowest BCUT2D eigenvalue weighted by atomic mass is 10.4. The highest BCUT2D eigenvalue weighted by atomic mass is 32.1. The molecule has 10 heavy (non-hydrogen) atoms. The molecule has 0 bridgehead atoms. The fraction of sp³-hybridized carbons (Fsp3) is 0.286. The lowest BCUT2D eigenvalue weighted by Gasteiger charge is -1.86. The third-order valence-electron chi connectivity index (χ3n) is 1.67. The molecule has 2 nitrogen and oxygen atoms in total. The Morgan fingerprint density at radius 1 is 1.60 bits per heavy atom. The van der Waals surface area contributed by atoms with E-state index >= 15 is 0 Å². The van der Waals surface area contributed by atoms with Crippen LogP contribution in [0.25, 0.3) is 4.96 Å². The molecule has 0 aliphatic rings. The number of imidazole rings is 1. The van der Waals surface area contributed by atoms with Crippen molar-refractivity contribution >= 4 is 16.3 Å². The number of nitrogens with zero attached hydrogens (tertiary/aromatic N) is 2. The van der Waals surface area contributed by atoms with Gasteiger partial charge in [0.25, 0.3) is 0 Å². The van der Waals surface area contributed by atoms with Gasteiger partial charge in [0.15, 0.2) is 4.96 Å². The van der Waals surface area contributed by atoms with Crippen LogP contribution in [0.4, 0.5) is 0 Å². The first-order valence-electron chi connectivity index (χ1n) is 3.10. The van der Waals surface area contributed by atoms with Gasteiger partial charge in [0.1, 0.15) is 6.20 Å². The highest BCUT2D eigenvalue weighted by Gasteiger charge is 2.02. The fourth-order valence-corrected chi connectivity index (χ4v) is 1.85. The smallest absolute Gasteiger partial charge is 0.194 e. The number of aryl methyl sites for hydroxylation is 2. The monoisotopic (exact) mass is 151 g/mol. The molecule has 0 saturated heterocycles. The van der Waals surface area contributed by atoms with Crippen LogP contribution < -0.4 is 0 Å². The largest absolute Gasteiger partial charge is 0.294 e. The molecule has 51 valence electrons. The highest BCUT2D eigenvalue weighted by molar-refractivity contribution is 7.17. The first kappa shape index (κ1) is 5.92. The van der Waals surface area contributed by atoms with Crippen LogP contribution in [0.2, 0.25) is 0 Å². The third kappa shape index (κ3) is 0.609. The van der Waals surface area contributed by atoms with Gasteiger partial charge in [0.2, 0.25) is 0 Å². The van der Waals surface area contributed by atoms with Crippen molar-refractivity contribution in [2.24, 2.45) is 0 Å². The Balaban J connectivity index is 2.95. The minimum absolute atomic E-state index is 1.04. The van der Waals surface area contributed by atoms with Crippen LogP contribution in [0.3, 0.4) is 0 Å². The highest BCUT2D eigenvalue weighted by Crippen LogP contribution is 2.19. The van der Waals surface area contributed by atoms with E-state index in [1.807, 2.05) is 6.20 Å². The summed E-state index contributed by atoms with van der Waals surface area (Å²) in [5.41, 5.74) is 1.27. The molecular formula is C7H7N2S. The van der Waals surface area contributed by atoms with E-state index in [0.717, 1.165) is 4.96 Å². The first-order valence-corrected chi connectivity index (χ1v) is 3.92. The Morgan fingerprint density at radius 2 is 2.40 bits per heavy atom.